The van der Waals surface area contributed by atoms with Crippen molar-refractivity contribution in [1.29, 1.82) is 0 Å². The summed E-state index contributed by atoms with van der Waals surface area (Å²) in [6, 6.07) is 4.69. The van der Waals surface area contributed by atoms with Gasteiger partial charge in [0.2, 0.25) is 5.91 Å². The number of carbonyl (C=O) groups is 1. The number of aryl methyl sites for hydroxylation is 1. The molecule has 0 fully saturated rings. The van der Waals surface area contributed by atoms with Crippen LogP contribution in [-0.4, -0.2) is 38.4 Å². The maximum absolute atomic E-state index is 13.7. The van der Waals surface area contributed by atoms with Crippen LogP contribution in [0.4, 0.5) is 15.3 Å². The normalized spacial score (nSPS) is 16.0. The van der Waals surface area contributed by atoms with Crippen LogP contribution >= 0.6 is 23.1 Å². The molecule has 4 rings (SSSR count). The van der Waals surface area contributed by atoms with E-state index in [1.54, 1.807) is 17.8 Å². The Morgan fingerprint density at radius 3 is 3.14 bits per heavy atom. The Balaban J connectivity index is 1.46. The molecule has 3 aromatic rings. The molecule has 1 amide bonds. The maximum atomic E-state index is 13.7. The van der Waals surface area contributed by atoms with Gasteiger partial charge in [-0.2, -0.15) is 11.8 Å². The van der Waals surface area contributed by atoms with Crippen molar-refractivity contribution in [2.24, 2.45) is 0 Å². The van der Waals surface area contributed by atoms with E-state index in [9.17, 15) is 9.18 Å². The van der Waals surface area contributed by atoms with E-state index < -0.39 is 0 Å². The molecule has 1 unspecified atom stereocenters. The topological polar surface area (TPSA) is 79.8 Å². The summed E-state index contributed by atoms with van der Waals surface area (Å²) in [6.07, 6.45) is 4.02. The van der Waals surface area contributed by atoms with Crippen LogP contribution in [0.15, 0.2) is 24.5 Å². The van der Waals surface area contributed by atoms with Crippen molar-refractivity contribution in [2.75, 3.05) is 22.1 Å². The molecule has 9 heteroatoms. The fourth-order valence-electron chi connectivity index (χ4n) is 3.24. The third-order valence-corrected chi connectivity index (χ3v) is 6.47. The molecular weight excluding hydrogens is 397 g/mol. The highest BCUT2D eigenvalue weighted by molar-refractivity contribution is 7.99. The van der Waals surface area contributed by atoms with Gasteiger partial charge < -0.3 is 10.6 Å². The van der Waals surface area contributed by atoms with Gasteiger partial charge in [-0.15, -0.1) is 11.3 Å². The number of rotatable bonds is 6. The summed E-state index contributed by atoms with van der Waals surface area (Å²) in [6.45, 7) is 2.03. The van der Waals surface area contributed by atoms with Crippen molar-refractivity contribution in [3.63, 3.8) is 0 Å². The fraction of sp³-hybridized carbons (Fsp3) is 0.368. The lowest BCUT2D eigenvalue weighted by atomic mass is 9.97. The molecule has 2 N–H and O–H groups in total. The monoisotopic (exact) mass is 417 g/mol. The first-order valence-corrected chi connectivity index (χ1v) is 11.1. The van der Waals surface area contributed by atoms with E-state index in [-0.39, 0.29) is 17.8 Å². The SMILES string of the molecule is CCSCC(=O)Nc1nc2c(s1)CC(Nc1ncnc3ccc(F)cc13)CC2. The van der Waals surface area contributed by atoms with Gasteiger partial charge in [0.05, 0.1) is 17.0 Å². The fourth-order valence-corrected chi connectivity index (χ4v) is 4.80. The Hall–Kier alpha value is -2.26. The molecule has 1 aromatic carbocycles. The molecule has 0 radical (unpaired) electrons. The molecule has 0 saturated heterocycles. The second-order valence-electron chi connectivity index (χ2n) is 6.54. The van der Waals surface area contributed by atoms with Crippen LogP contribution in [0, 0.1) is 5.82 Å². The molecule has 1 atom stereocenters. The van der Waals surface area contributed by atoms with Crippen LogP contribution in [-0.2, 0) is 17.6 Å². The molecule has 1 aliphatic rings. The minimum atomic E-state index is -0.305. The zero-order valence-electron chi connectivity index (χ0n) is 15.4. The second-order valence-corrected chi connectivity index (χ2v) is 8.90. The van der Waals surface area contributed by atoms with Gasteiger partial charge in [-0.25, -0.2) is 19.3 Å². The van der Waals surface area contributed by atoms with Crippen LogP contribution in [0.5, 0.6) is 0 Å². The Kier molecular flexibility index (Phi) is 5.72. The van der Waals surface area contributed by atoms with Crippen LogP contribution < -0.4 is 10.6 Å². The molecule has 2 heterocycles. The lowest BCUT2D eigenvalue weighted by molar-refractivity contribution is -0.113. The second kappa shape index (κ2) is 8.40. The Morgan fingerprint density at radius 1 is 1.39 bits per heavy atom. The van der Waals surface area contributed by atoms with E-state index in [1.807, 2.05) is 6.92 Å². The van der Waals surface area contributed by atoms with Crippen LogP contribution in [0.2, 0.25) is 0 Å². The van der Waals surface area contributed by atoms with E-state index in [1.165, 1.54) is 34.7 Å². The third-order valence-electron chi connectivity index (χ3n) is 4.56. The number of anilines is 2. The first kappa shape index (κ1) is 19.1. The molecular formula is C19H20FN5OS2. The zero-order chi connectivity index (χ0) is 19.5. The summed E-state index contributed by atoms with van der Waals surface area (Å²) >= 11 is 3.12. The number of thiazole rings is 1. The number of aromatic nitrogens is 3. The molecule has 2 aromatic heterocycles. The maximum Gasteiger partial charge on any atom is 0.236 e. The molecule has 0 bridgehead atoms. The summed E-state index contributed by atoms with van der Waals surface area (Å²) in [7, 11) is 0. The number of nitrogens with one attached hydrogen (secondary N) is 2. The first-order valence-electron chi connectivity index (χ1n) is 9.15. The average molecular weight is 418 g/mol. The van der Waals surface area contributed by atoms with Crippen molar-refractivity contribution < 1.29 is 9.18 Å². The van der Waals surface area contributed by atoms with Crippen LogP contribution in [0.3, 0.4) is 0 Å². The predicted molar refractivity (Wildman–Crippen MR) is 113 cm³/mol. The molecule has 0 saturated carbocycles. The van der Waals surface area contributed by atoms with Crippen molar-refractivity contribution >= 4 is 50.9 Å². The lowest BCUT2D eigenvalue weighted by Crippen LogP contribution is -2.27. The number of thioether (sulfide) groups is 1. The Bertz CT molecular complexity index is 1010. The molecule has 28 heavy (non-hydrogen) atoms. The van der Waals surface area contributed by atoms with Gasteiger partial charge in [-0.1, -0.05) is 6.92 Å². The number of amides is 1. The minimum Gasteiger partial charge on any atom is -0.366 e. The smallest absolute Gasteiger partial charge is 0.236 e. The average Bonchev–Trinajstić information content (AvgIpc) is 3.08. The molecule has 1 aliphatic carbocycles. The van der Waals surface area contributed by atoms with Gasteiger partial charge in [0.25, 0.3) is 0 Å². The minimum absolute atomic E-state index is 0.0119. The molecule has 0 aliphatic heterocycles. The van der Waals surface area contributed by atoms with Gasteiger partial charge in [0, 0.05) is 22.7 Å². The highest BCUT2D eigenvalue weighted by Gasteiger charge is 2.24. The molecule has 6 nitrogen and oxygen atoms in total. The number of carbonyl (C=O) groups excluding carboxylic acids is 1. The quantitative estimate of drug-likeness (QED) is 0.634. The van der Waals surface area contributed by atoms with Gasteiger partial charge in [0.1, 0.15) is 18.0 Å². The van der Waals surface area contributed by atoms with Crippen molar-refractivity contribution in [1.82, 2.24) is 15.0 Å². The number of benzene rings is 1. The van der Waals surface area contributed by atoms with E-state index in [2.05, 4.69) is 25.6 Å². The summed E-state index contributed by atoms with van der Waals surface area (Å²) in [5.74, 6) is 1.69. The summed E-state index contributed by atoms with van der Waals surface area (Å²) < 4.78 is 13.7. The lowest BCUT2D eigenvalue weighted by Gasteiger charge is -2.23. The molecule has 146 valence electrons. The predicted octanol–water partition coefficient (Wildman–Crippen LogP) is 3.89. The number of hydrogen-bond acceptors (Lipinski definition) is 7. The highest BCUT2D eigenvalue weighted by Crippen LogP contribution is 2.31. The highest BCUT2D eigenvalue weighted by atomic mass is 32.2. The first-order chi connectivity index (χ1) is 13.6. The van der Waals surface area contributed by atoms with Crippen LogP contribution in [0.25, 0.3) is 10.9 Å². The number of nitrogens with zero attached hydrogens (tertiary/aromatic N) is 3. The Labute approximate surface area is 170 Å². The van der Waals surface area contributed by atoms with E-state index >= 15 is 0 Å². The molecule has 0 spiro atoms. The van der Waals surface area contributed by atoms with Gasteiger partial charge in [-0.05, 0) is 36.8 Å². The van der Waals surface area contributed by atoms with Crippen molar-refractivity contribution in [3.8, 4) is 0 Å². The van der Waals surface area contributed by atoms with Gasteiger partial charge in [0.15, 0.2) is 5.13 Å². The van der Waals surface area contributed by atoms with Gasteiger partial charge >= 0.3 is 0 Å². The third kappa shape index (κ3) is 4.25. The van der Waals surface area contributed by atoms with Gasteiger partial charge in [-0.3, -0.25) is 4.79 Å². The van der Waals surface area contributed by atoms with Crippen molar-refractivity contribution in [2.45, 2.75) is 32.2 Å². The summed E-state index contributed by atoms with van der Waals surface area (Å²) in [5, 5.41) is 7.68. The van der Waals surface area contributed by atoms with E-state index in [0.29, 0.717) is 27.6 Å². The number of hydrogen-bond donors (Lipinski definition) is 2. The number of fused-ring (bicyclic) bond motifs is 2. The van der Waals surface area contributed by atoms with E-state index in [4.69, 9.17) is 0 Å². The zero-order valence-corrected chi connectivity index (χ0v) is 17.0. The van der Waals surface area contributed by atoms with Crippen LogP contribution in [0.1, 0.15) is 23.9 Å². The summed E-state index contributed by atoms with van der Waals surface area (Å²) in [4.78, 5) is 26.2. The van der Waals surface area contributed by atoms with Crippen molar-refractivity contribution in [3.05, 3.63) is 40.9 Å². The largest absolute Gasteiger partial charge is 0.366 e. The Morgan fingerprint density at radius 2 is 2.29 bits per heavy atom. The standard InChI is InChI=1S/C19H20FN5OS2/c1-2-27-9-17(26)25-19-24-15-6-4-12(8-16(15)28-19)23-18-13-7-11(20)3-5-14(13)21-10-22-18/h3,5,7,10,12H,2,4,6,8-9H2,1H3,(H,21,22,23)(H,24,25,26). The number of halogens is 1. The van der Waals surface area contributed by atoms with E-state index in [0.717, 1.165) is 30.7 Å². The summed E-state index contributed by atoms with van der Waals surface area (Å²) in [5.41, 5.74) is 1.77.